The number of nitrogen functional groups attached to an aromatic ring is 1. The molecule has 1 unspecified atom stereocenters. The van der Waals surface area contributed by atoms with Gasteiger partial charge in [-0.25, -0.2) is 0 Å². The van der Waals surface area contributed by atoms with Gasteiger partial charge in [0.2, 0.25) is 0 Å². The molecule has 0 radical (unpaired) electrons. The lowest BCUT2D eigenvalue weighted by Gasteiger charge is -1.97. The minimum atomic E-state index is -0.556. The average Bonchev–Trinajstić information content (AvgIpc) is 2.16. The molecular weight excluding hydrogens is 162 g/mol. The first-order valence-electron chi connectivity index (χ1n) is 4.28. The van der Waals surface area contributed by atoms with Crippen LogP contribution in [0.2, 0.25) is 0 Å². The van der Waals surface area contributed by atoms with Gasteiger partial charge in [-0.15, -0.1) is 0 Å². The van der Waals surface area contributed by atoms with Crippen molar-refractivity contribution in [2.75, 3.05) is 5.73 Å². The molecule has 0 saturated carbocycles. The lowest BCUT2D eigenvalue weighted by molar-refractivity contribution is 0.228. The maximum absolute atomic E-state index is 9.20. The maximum Gasteiger partial charge on any atom is 0.114 e. The van der Waals surface area contributed by atoms with Crippen LogP contribution in [-0.2, 0) is 0 Å². The molecule has 1 atom stereocenters. The van der Waals surface area contributed by atoms with Gasteiger partial charge in [-0.3, -0.25) is 0 Å². The summed E-state index contributed by atoms with van der Waals surface area (Å²) in [5.41, 5.74) is 7.09. The Morgan fingerprint density at radius 1 is 1.46 bits per heavy atom. The fourth-order valence-electron chi connectivity index (χ4n) is 0.874. The van der Waals surface area contributed by atoms with Gasteiger partial charge in [0.25, 0.3) is 0 Å². The third-order valence-corrected chi connectivity index (χ3v) is 1.72. The van der Waals surface area contributed by atoms with Crippen molar-refractivity contribution in [1.82, 2.24) is 0 Å². The van der Waals surface area contributed by atoms with E-state index in [4.69, 9.17) is 5.73 Å². The van der Waals surface area contributed by atoms with Gasteiger partial charge in [0.1, 0.15) is 6.10 Å². The lowest BCUT2D eigenvalue weighted by atomic mass is 10.1. The van der Waals surface area contributed by atoms with Crippen molar-refractivity contribution in [3.63, 3.8) is 0 Å². The van der Waals surface area contributed by atoms with E-state index in [-0.39, 0.29) is 0 Å². The molecule has 2 heteroatoms. The van der Waals surface area contributed by atoms with Crippen LogP contribution in [0.1, 0.15) is 18.9 Å². The SMILES string of the molecule is CCC(O)C#Cc1ccccc1N. The molecule has 0 heterocycles. The summed E-state index contributed by atoms with van der Waals surface area (Å²) in [6.45, 7) is 1.88. The van der Waals surface area contributed by atoms with Crippen LogP contribution < -0.4 is 5.73 Å². The zero-order chi connectivity index (χ0) is 9.68. The van der Waals surface area contributed by atoms with Crippen molar-refractivity contribution in [3.8, 4) is 11.8 Å². The van der Waals surface area contributed by atoms with Crippen molar-refractivity contribution in [1.29, 1.82) is 0 Å². The topological polar surface area (TPSA) is 46.2 Å². The van der Waals surface area contributed by atoms with Crippen LogP contribution >= 0.6 is 0 Å². The van der Waals surface area contributed by atoms with Crippen LogP contribution in [0.25, 0.3) is 0 Å². The molecule has 0 amide bonds. The summed E-state index contributed by atoms with van der Waals surface area (Å²) in [5.74, 6) is 5.55. The lowest BCUT2D eigenvalue weighted by Crippen LogP contribution is -1.99. The minimum Gasteiger partial charge on any atom is -0.398 e. The molecule has 0 bridgehead atoms. The molecule has 68 valence electrons. The van der Waals surface area contributed by atoms with Crippen molar-refractivity contribution in [2.24, 2.45) is 0 Å². The van der Waals surface area contributed by atoms with Crippen LogP contribution in [0, 0.1) is 11.8 Å². The molecule has 1 aromatic carbocycles. The Morgan fingerprint density at radius 3 is 2.77 bits per heavy atom. The van der Waals surface area contributed by atoms with Gasteiger partial charge < -0.3 is 10.8 Å². The highest BCUT2D eigenvalue weighted by atomic mass is 16.3. The first-order valence-corrected chi connectivity index (χ1v) is 4.28. The zero-order valence-corrected chi connectivity index (χ0v) is 7.62. The first-order chi connectivity index (χ1) is 6.24. The Bertz CT molecular complexity index is 335. The smallest absolute Gasteiger partial charge is 0.114 e. The fraction of sp³-hybridized carbons (Fsp3) is 0.273. The number of nitrogens with two attached hydrogens (primary N) is 1. The predicted molar refractivity (Wildman–Crippen MR) is 54.0 cm³/mol. The van der Waals surface area contributed by atoms with Gasteiger partial charge in [-0.05, 0) is 18.6 Å². The van der Waals surface area contributed by atoms with Gasteiger partial charge >= 0.3 is 0 Å². The van der Waals surface area contributed by atoms with Crippen molar-refractivity contribution < 1.29 is 5.11 Å². The second kappa shape index (κ2) is 4.54. The Labute approximate surface area is 78.4 Å². The van der Waals surface area contributed by atoms with E-state index in [1.807, 2.05) is 25.1 Å². The van der Waals surface area contributed by atoms with Gasteiger partial charge in [-0.1, -0.05) is 30.9 Å². The molecule has 2 nitrogen and oxygen atoms in total. The van der Waals surface area contributed by atoms with E-state index < -0.39 is 6.10 Å². The molecule has 13 heavy (non-hydrogen) atoms. The summed E-state index contributed by atoms with van der Waals surface area (Å²) in [6.07, 6.45) is 0.0827. The Balaban J connectivity index is 2.83. The van der Waals surface area contributed by atoms with Crippen LogP contribution in [0.3, 0.4) is 0 Å². The Morgan fingerprint density at radius 2 is 2.15 bits per heavy atom. The number of hydrogen-bond acceptors (Lipinski definition) is 2. The second-order valence-electron chi connectivity index (χ2n) is 2.78. The van der Waals surface area contributed by atoms with Crippen LogP contribution in [0.5, 0.6) is 0 Å². The third kappa shape index (κ3) is 2.81. The zero-order valence-electron chi connectivity index (χ0n) is 7.62. The average molecular weight is 175 g/mol. The van der Waals surface area contributed by atoms with E-state index in [1.165, 1.54) is 0 Å². The van der Waals surface area contributed by atoms with Crippen molar-refractivity contribution >= 4 is 5.69 Å². The molecule has 0 aliphatic carbocycles. The van der Waals surface area contributed by atoms with E-state index in [1.54, 1.807) is 6.07 Å². The fourth-order valence-corrected chi connectivity index (χ4v) is 0.874. The van der Waals surface area contributed by atoms with E-state index in [0.29, 0.717) is 12.1 Å². The summed E-state index contributed by atoms with van der Waals surface area (Å²) in [5, 5.41) is 9.20. The standard InChI is InChI=1S/C11H13NO/c1-2-10(13)8-7-9-5-3-4-6-11(9)12/h3-6,10,13H,2,12H2,1H3. The number of anilines is 1. The van der Waals surface area contributed by atoms with E-state index in [2.05, 4.69) is 11.8 Å². The molecular formula is C11H13NO. The largest absolute Gasteiger partial charge is 0.398 e. The highest BCUT2D eigenvalue weighted by molar-refractivity contribution is 5.55. The van der Waals surface area contributed by atoms with Crippen LogP contribution in [0.4, 0.5) is 5.69 Å². The number of aliphatic hydroxyl groups is 1. The molecule has 0 aliphatic heterocycles. The highest BCUT2D eigenvalue weighted by Crippen LogP contribution is 2.08. The van der Waals surface area contributed by atoms with E-state index >= 15 is 0 Å². The van der Waals surface area contributed by atoms with Crippen molar-refractivity contribution in [2.45, 2.75) is 19.4 Å². The molecule has 0 fully saturated rings. The maximum atomic E-state index is 9.20. The predicted octanol–water partition coefficient (Wildman–Crippen LogP) is 1.39. The molecule has 3 N–H and O–H groups in total. The number of para-hydroxylation sites is 1. The van der Waals surface area contributed by atoms with Gasteiger partial charge in [0.05, 0.1) is 0 Å². The summed E-state index contributed by atoms with van der Waals surface area (Å²) < 4.78 is 0. The monoisotopic (exact) mass is 175 g/mol. The third-order valence-electron chi connectivity index (χ3n) is 1.72. The molecule has 0 aliphatic rings. The molecule has 0 aromatic heterocycles. The molecule has 1 rings (SSSR count). The number of hydrogen-bond donors (Lipinski definition) is 2. The van der Waals surface area contributed by atoms with E-state index in [0.717, 1.165) is 5.56 Å². The number of benzene rings is 1. The van der Waals surface area contributed by atoms with E-state index in [9.17, 15) is 5.11 Å². The first kappa shape index (κ1) is 9.63. The Kier molecular flexibility index (Phi) is 3.36. The Hall–Kier alpha value is -1.46. The molecule has 1 aromatic rings. The summed E-state index contributed by atoms with van der Waals surface area (Å²) >= 11 is 0. The molecule has 0 spiro atoms. The van der Waals surface area contributed by atoms with Gasteiger partial charge in [0, 0.05) is 11.3 Å². The normalized spacial score (nSPS) is 11.5. The summed E-state index contributed by atoms with van der Waals surface area (Å²) in [7, 11) is 0. The minimum absolute atomic E-state index is 0.556. The second-order valence-corrected chi connectivity index (χ2v) is 2.78. The van der Waals surface area contributed by atoms with Crippen molar-refractivity contribution in [3.05, 3.63) is 29.8 Å². The van der Waals surface area contributed by atoms with Crippen LogP contribution in [0.15, 0.2) is 24.3 Å². The summed E-state index contributed by atoms with van der Waals surface area (Å²) in [4.78, 5) is 0. The summed E-state index contributed by atoms with van der Waals surface area (Å²) in [6, 6.07) is 7.36. The highest BCUT2D eigenvalue weighted by Gasteiger charge is 1.94. The number of rotatable bonds is 1. The quantitative estimate of drug-likeness (QED) is 0.500. The number of aliphatic hydroxyl groups excluding tert-OH is 1. The van der Waals surface area contributed by atoms with Gasteiger partial charge in [-0.2, -0.15) is 0 Å². The molecule has 0 saturated heterocycles. The van der Waals surface area contributed by atoms with Gasteiger partial charge in [0.15, 0.2) is 0 Å². The van der Waals surface area contributed by atoms with Crippen LogP contribution in [-0.4, -0.2) is 11.2 Å².